The van der Waals surface area contributed by atoms with Crippen molar-refractivity contribution in [2.45, 2.75) is 0 Å². The Morgan fingerprint density at radius 2 is 2.27 bits per heavy atom. The molecule has 0 radical (unpaired) electrons. The van der Waals surface area contributed by atoms with Crippen molar-refractivity contribution < 1.29 is 12.4 Å². The van der Waals surface area contributed by atoms with E-state index in [9.17, 15) is 0 Å². The van der Waals surface area contributed by atoms with Gasteiger partial charge in [0.05, 0.1) is 0 Å². The van der Waals surface area contributed by atoms with Gasteiger partial charge in [-0.2, -0.15) is 0 Å². The Morgan fingerprint density at radius 3 is 3.09 bits per heavy atom. The summed E-state index contributed by atoms with van der Waals surface area (Å²) in [6.45, 7) is 0. The van der Waals surface area contributed by atoms with Crippen LogP contribution in [0.4, 0.5) is 0 Å². The van der Waals surface area contributed by atoms with E-state index in [2.05, 4.69) is 10.1 Å². The summed E-state index contributed by atoms with van der Waals surface area (Å²) >= 11 is 1.84. The number of pyridine rings is 1. The molecule has 0 aliphatic carbocycles. The van der Waals surface area contributed by atoms with Crippen LogP contribution in [0.3, 0.4) is 0 Å². The van der Waals surface area contributed by atoms with Crippen LogP contribution in [-0.2, 0) is 0 Å². The van der Waals surface area contributed by atoms with Crippen LogP contribution < -0.4 is 16.1 Å². The Bertz CT molecular complexity index is 359. The standard InChI is InChI=1S/C6H4N3.ClH.Mg/c1-2-4-9-6(3-1)7-5-8-9;;/h2-5H;1H;/q;;+1/p-1. The molecule has 2 rings (SSSR count). The Labute approximate surface area is 82.7 Å². The molecule has 2 aromatic rings. The molecule has 0 fully saturated rings. The molecule has 5 heteroatoms. The zero-order valence-electron chi connectivity index (χ0n) is 5.74. The second-order valence-corrected chi connectivity index (χ2v) is 2.91. The fraction of sp³-hybridized carbons (Fsp3) is 0. The molecule has 0 N–H and O–H groups in total. The average molecular weight is 178 g/mol. The molecule has 0 amide bonds. The van der Waals surface area contributed by atoms with Crippen molar-refractivity contribution >= 4 is 31.0 Å². The summed E-state index contributed by atoms with van der Waals surface area (Å²) in [6, 6.07) is 4.02. The van der Waals surface area contributed by atoms with Gasteiger partial charge in [-0.15, -0.1) is 0 Å². The molecule has 3 nitrogen and oxygen atoms in total. The van der Waals surface area contributed by atoms with Gasteiger partial charge in [-0.05, 0) is 0 Å². The molecule has 2 heterocycles. The first kappa shape index (κ1) is 8.77. The van der Waals surface area contributed by atoms with Gasteiger partial charge in [-0.3, -0.25) is 0 Å². The van der Waals surface area contributed by atoms with Crippen LogP contribution in [0.25, 0.3) is 5.65 Å². The Balaban J connectivity index is 0.000000605. The molecule has 0 saturated carbocycles. The molecule has 0 atom stereocenters. The van der Waals surface area contributed by atoms with Crippen molar-refractivity contribution in [2.75, 3.05) is 0 Å². The number of nitrogens with zero attached hydrogens (tertiary/aromatic N) is 3. The number of hydrogen-bond acceptors (Lipinski definition) is 2. The fourth-order valence-corrected chi connectivity index (χ4v) is 1.15. The zero-order chi connectivity index (χ0) is 6.97. The number of halogens is 1. The molecule has 52 valence electrons. The van der Waals surface area contributed by atoms with Crippen LogP contribution in [0.5, 0.6) is 0 Å². The predicted molar refractivity (Wildman–Crippen MR) is 38.4 cm³/mol. The van der Waals surface area contributed by atoms with Crippen LogP contribution in [0.1, 0.15) is 0 Å². The van der Waals surface area contributed by atoms with E-state index in [0.29, 0.717) is 0 Å². The Kier molecular flexibility index (Phi) is 2.70. The monoisotopic (exact) mass is 177 g/mol. The quantitative estimate of drug-likeness (QED) is 0.392. The van der Waals surface area contributed by atoms with Crippen LogP contribution in [-0.4, -0.2) is 36.3 Å². The van der Waals surface area contributed by atoms with Gasteiger partial charge in [0.15, 0.2) is 0 Å². The van der Waals surface area contributed by atoms with Crippen molar-refractivity contribution in [1.29, 1.82) is 0 Å². The van der Waals surface area contributed by atoms with Crippen LogP contribution in [0, 0.1) is 0 Å². The Hall–Kier alpha value is -0.324. The molecule has 0 saturated heterocycles. The zero-order valence-corrected chi connectivity index (χ0v) is 7.91. The summed E-state index contributed by atoms with van der Waals surface area (Å²) < 4.78 is 2.98. The van der Waals surface area contributed by atoms with Crippen molar-refractivity contribution in [3.8, 4) is 0 Å². The molecule has 0 aliphatic heterocycles. The van der Waals surface area contributed by atoms with Gasteiger partial charge in [0.1, 0.15) is 0 Å². The SMILES string of the molecule is [Cl-].[Mg+][c]1ccn2ncnc2c1. The number of hydrogen-bond donors (Lipinski definition) is 0. The minimum atomic E-state index is 0. The number of rotatable bonds is 0. The maximum absolute atomic E-state index is 4.04. The second-order valence-electron chi connectivity index (χ2n) is 2.10. The van der Waals surface area contributed by atoms with Gasteiger partial charge in [-0.25, -0.2) is 0 Å². The first-order chi connectivity index (χ1) is 4.86. The second kappa shape index (κ2) is 3.38. The first-order valence-electron chi connectivity index (χ1n) is 2.97. The fourth-order valence-electron chi connectivity index (χ4n) is 0.857. The van der Waals surface area contributed by atoms with Crippen molar-refractivity contribution in [3.05, 3.63) is 24.7 Å². The first-order valence-corrected chi connectivity index (χ1v) is 3.68. The van der Waals surface area contributed by atoms with Crippen LogP contribution in [0.2, 0.25) is 0 Å². The van der Waals surface area contributed by atoms with E-state index in [1.54, 1.807) is 10.8 Å². The maximum atomic E-state index is 4.04. The summed E-state index contributed by atoms with van der Waals surface area (Å²) in [6.07, 6.45) is 3.46. The van der Waals surface area contributed by atoms with Gasteiger partial charge in [0.2, 0.25) is 0 Å². The average Bonchev–Trinajstić information content (AvgIpc) is 2.33. The van der Waals surface area contributed by atoms with E-state index in [-0.39, 0.29) is 12.4 Å². The molecule has 0 bridgehead atoms. The van der Waals surface area contributed by atoms with Gasteiger partial charge in [0.25, 0.3) is 0 Å². The third kappa shape index (κ3) is 1.63. The van der Waals surface area contributed by atoms with Gasteiger partial charge in [-0.1, -0.05) is 0 Å². The van der Waals surface area contributed by atoms with Gasteiger partial charge in [0, 0.05) is 0 Å². The van der Waals surface area contributed by atoms with E-state index in [1.165, 1.54) is 3.69 Å². The number of aromatic nitrogens is 3. The third-order valence-electron chi connectivity index (χ3n) is 1.35. The van der Waals surface area contributed by atoms with E-state index in [0.717, 1.165) is 5.65 Å². The molecular weight excluding hydrogens is 174 g/mol. The summed E-state index contributed by atoms with van der Waals surface area (Å²) in [7, 11) is 0. The van der Waals surface area contributed by atoms with E-state index in [1.807, 2.05) is 40.0 Å². The summed E-state index contributed by atoms with van der Waals surface area (Å²) in [5.74, 6) is 0. The minimum absolute atomic E-state index is 0. The summed E-state index contributed by atoms with van der Waals surface area (Å²) in [4.78, 5) is 4.04. The van der Waals surface area contributed by atoms with Crippen LogP contribution in [0.15, 0.2) is 24.7 Å². The Morgan fingerprint density at radius 1 is 1.45 bits per heavy atom. The molecule has 0 aromatic carbocycles. The molecule has 0 spiro atoms. The van der Waals surface area contributed by atoms with E-state index >= 15 is 0 Å². The summed E-state index contributed by atoms with van der Waals surface area (Å²) in [5, 5.41) is 3.97. The van der Waals surface area contributed by atoms with Crippen molar-refractivity contribution in [1.82, 2.24) is 14.6 Å². The topological polar surface area (TPSA) is 30.2 Å². The molecule has 2 aromatic heterocycles. The molecule has 11 heavy (non-hydrogen) atoms. The third-order valence-corrected chi connectivity index (χ3v) is 1.78. The van der Waals surface area contributed by atoms with Crippen molar-refractivity contribution in [3.63, 3.8) is 0 Å². The van der Waals surface area contributed by atoms with E-state index in [4.69, 9.17) is 0 Å². The van der Waals surface area contributed by atoms with Gasteiger partial charge < -0.3 is 12.4 Å². The van der Waals surface area contributed by atoms with E-state index < -0.39 is 0 Å². The summed E-state index contributed by atoms with van der Waals surface area (Å²) in [5.41, 5.74) is 0.910. The van der Waals surface area contributed by atoms with Gasteiger partial charge >= 0.3 is 70.3 Å². The van der Waals surface area contributed by atoms with Crippen LogP contribution >= 0.6 is 0 Å². The normalized spacial score (nSPS) is 9.64. The van der Waals surface area contributed by atoms with Crippen molar-refractivity contribution in [2.24, 2.45) is 0 Å². The molecule has 0 unspecified atom stereocenters. The number of fused-ring (bicyclic) bond motifs is 1. The predicted octanol–water partition coefficient (Wildman–Crippen LogP) is -3.47. The molecule has 0 aliphatic rings. The molecular formula is C6H4ClMgN3.